The lowest BCUT2D eigenvalue weighted by Crippen LogP contribution is -2.48. The van der Waals surface area contributed by atoms with Crippen molar-refractivity contribution in [3.05, 3.63) is 30.0 Å². The number of nitrogens with one attached hydrogen (secondary N) is 2. The predicted molar refractivity (Wildman–Crippen MR) is 66.0 cm³/mol. The largest absolute Gasteiger partial charge is 0.379 e. The maximum atomic E-state index is 12.1. The van der Waals surface area contributed by atoms with Crippen molar-refractivity contribution in [3.63, 3.8) is 0 Å². The summed E-state index contributed by atoms with van der Waals surface area (Å²) in [7, 11) is 0. The van der Waals surface area contributed by atoms with Crippen molar-refractivity contribution < 1.29 is 9.53 Å². The van der Waals surface area contributed by atoms with Crippen LogP contribution in [0.15, 0.2) is 24.3 Å². The van der Waals surface area contributed by atoms with Crippen LogP contribution in [0.3, 0.4) is 0 Å². The number of aromatic amines is 1. The molecular formula is C12H14N4O2. The van der Waals surface area contributed by atoms with Crippen molar-refractivity contribution in [2.75, 3.05) is 26.3 Å². The van der Waals surface area contributed by atoms with Crippen molar-refractivity contribution in [1.29, 1.82) is 0 Å². The highest BCUT2D eigenvalue weighted by molar-refractivity contribution is 6.04. The summed E-state index contributed by atoms with van der Waals surface area (Å²) in [6.45, 7) is 2.69. The molecule has 2 aromatic rings. The van der Waals surface area contributed by atoms with Gasteiger partial charge in [0.25, 0.3) is 5.91 Å². The van der Waals surface area contributed by atoms with Crippen LogP contribution in [-0.2, 0) is 4.74 Å². The molecule has 94 valence electrons. The molecule has 1 aliphatic heterocycles. The number of carbonyl (C=O) groups is 1. The van der Waals surface area contributed by atoms with Gasteiger partial charge in [-0.1, -0.05) is 18.2 Å². The van der Waals surface area contributed by atoms with Crippen LogP contribution in [0.2, 0.25) is 0 Å². The van der Waals surface area contributed by atoms with E-state index in [0.717, 1.165) is 10.9 Å². The summed E-state index contributed by atoms with van der Waals surface area (Å²) in [6.07, 6.45) is 0. The van der Waals surface area contributed by atoms with E-state index in [2.05, 4.69) is 15.6 Å². The average molecular weight is 246 g/mol. The lowest BCUT2D eigenvalue weighted by molar-refractivity contribution is 0.0125. The maximum absolute atomic E-state index is 12.1. The number of aromatic nitrogens is 2. The van der Waals surface area contributed by atoms with E-state index in [9.17, 15) is 4.79 Å². The van der Waals surface area contributed by atoms with Gasteiger partial charge in [-0.25, -0.2) is 5.01 Å². The summed E-state index contributed by atoms with van der Waals surface area (Å²) in [4.78, 5) is 12.1. The molecular weight excluding hydrogens is 232 g/mol. The Hall–Kier alpha value is -1.92. The molecule has 1 saturated heterocycles. The number of ether oxygens (including phenoxy) is 1. The first kappa shape index (κ1) is 11.2. The third-order valence-corrected chi connectivity index (χ3v) is 2.96. The van der Waals surface area contributed by atoms with Gasteiger partial charge < -0.3 is 4.74 Å². The van der Waals surface area contributed by atoms with Gasteiger partial charge in [-0.2, -0.15) is 5.10 Å². The number of rotatable bonds is 2. The average Bonchev–Trinajstić information content (AvgIpc) is 2.84. The SMILES string of the molecule is O=C(NN1CCOCC1)c1n[nH]c2ccccc12. The van der Waals surface area contributed by atoms with E-state index in [1.807, 2.05) is 29.3 Å². The second-order valence-corrected chi connectivity index (χ2v) is 4.16. The summed E-state index contributed by atoms with van der Waals surface area (Å²) in [5.74, 6) is -0.186. The van der Waals surface area contributed by atoms with Crippen LogP contribution in [0.25, 0.3) is 10.9 Å². The van der Waals surface area contributed by atoms with Gasteiger partial charge in [-0.3, -0.25) is 15.3 Å². The van der Waals surface area contributed by atoms with Gasteiger partial charge in [0.05, 0.1) is 18.7 Å². The normalized spacial score (nSPS) is 16.9. The van der Waals surface area contributed by atoms with E-state index >= 15 is 0 Å². The highest BCUT2D eigenvalue weighted by atomic mass is 16.5. The number of benzene rings is 1. The van der Waals surface area contributed by atoms with Gasteiger partial charge in [0.1, 0.15) is 0 Å². The zero-order chi connectivity index (χ0) is 12.4. The third kappa shape index (κ3) is 2.07. The Bertz CT molecular complexity index is 560. The fourth-order valence-electron chi connectivity index (χ4n) is 2.01. The Morgan fingerprint density at radius 2 is 2.11 bits per heavy atom. The van der Waals surface area contributed by atoms with Gasteiger partial charge in [0, 0.05) is 18.5 Å². The molecule has 0 aliphatic carbocycles. The minimum absolute atomic E-state index is 0.186. The molecule has 3 rings (SSSR count). The number of nitrogens with zero attached hydrogens (tertiary/aromatic N) is 2. The highest BCUT2D eigenvalue weighted by Gasteiger charge is 2.18. The number of hydrogen-bond acceptors (Lipinski definition) is 4. The van der Waals surface area contributed by atoms with E-state index in [4.69, 9.17) is 4.74 Å². The van der Waals surface area contributed by atoms with Crippen LogP contribution in [0, 0.1) is 0 Å². The molecule has 1 aliphatic rings. The second kappa shape index (κ2) is 4.75. The van der Waals surface area contributed by atoms with Crippen LogP contribution in [0.4, 0.5) is 0 Å². The first-order valence-electron chi connectivity index (χ1n) is 5.91. The summed E-state index contributed by atoms with van der Waals surface area (Å²) in [5.41, 5.74) is 4.14. The lowest BCUT2D eigenvalue weighted by atomic mass is 10.2. The van der Waals surface area contributed by atoms with Crippen molar-refractivity contribution in [2.24, 2.45) is 0 Å². The van der Waals surface area contributed by atoms with E-state index < -0.39 is 0 Å². The molecule has 18 heavy (non-hydrogen) atoms. The lowest BCUT2D eigenvalue weighted by Gasteiger charge is -2.26. The molecule has 0 bridgehead atoms. The molecule has 1 aromatic carbocycles. The topological polar surface area (TPSA) is 70.2 Å². The van der Waals surface area contributed by atoms with Gasteiger partial charge in [-0.15, -0.1) is 0 Å². The minimum atomic E-state index is -0.186. The standard InChI is InChI=1S/C12H14N4O2/c17-12(15-16-5-7-18-8-6-16)11-9-3-1-2-4-10(9)13-14-11/h1-4H,5-8H2,(H,13,14)(H,15,17). The monoisotopic (exact) mass is 246 g/mol. The van der Waals surface area contributed by atoms with Gasteiger partial charge in [-0.05, 0) is 6.07 Å². The fourth-order valence-corrected chi connectivity index (χ4v) is 2.01. The van der Waals surface area contributed by atoms with Gasteiger partial charge in [0.2, 0.25) is 0 Å². The van der Waals surface area contributed by atoms with Crippen LogP contribution >= 0.6 is 0 Å². The molecule has 0 radical (unpaired) electrons. The number of morpholine rings is 1. The van der Waals surface area contributed by atoms with Crippen LogP contribution < -0.4 is 5.43 Å². The molecule has 1 fully saturated rings. The molecule has 0 atom stereocenters. The number of hydrazine groups is 1. The molecule has 0 saturated carbocycles. The van der Waals surface area contributed by atoms with Crippen LogP contribution in [0.1, 0.15) is 10.5 Å². The van der Waals surface area contributed by atoms with Crippen LogP contribution in [0.5, 0.6) is 0 Å². The van der Waals surface area contributed by atoms with E-state index in [0.29, 0.717) is 32.0 Å². The fraction of sp³-hybridized carbons (Fsp3) is 0.333. The summed E-state index contributed by atoms with van der Waals surface area (Å²) in [5, 5.41) is 9.61. The number of amides is 1. The number of H-pyrrole nitrogens is 1. The van der Waals surface area contributed by atoms with Crippen molar-refractivity contribution in [3.8, 4) is 0 Å². The molecule has 1 amide bonds. The smallest absolute Gasteiger partial charge is 0.286 e. The summed E-state index contributed by atoms with van der Waals surface area (Å²) >= 11 is 0. The molecule has 2 N–H and O–H groups in total. The molecule has 0 spiro atoms. The molecule has 6 heteroatoms. The van der Waals surface area contributed by atoms with Gasteiger partial charge >= 0.3 is 0 Å². The second-order valence-electron chi connectivity index (χ2n) is 4.16. The molecule has 2 heterocycles. The van der Waals surface area contributed by atoms with Crippen LogP contribution in [-0.4, -0.2) is 47.4 Å². The molecule has 6 nitrogen and oxygen atoms in total. The van der Waals surface area contributed by atoms with Crippen molar-refractivity contribution >= 4 is 16.8 Å². The minimum Gasteiger partial charge on any atom is -0.379 e. The number of para-hydroxylation sites is 1. The Morgan fingerprint density at radius 3 is 2.94 bits per heavy atom. The predicted octanol–water partition coefficient (Wildman–Crippen LogP) is 0.540. The first-order chi connectivity index (χ1) is 8.84. The number of carbonyl (C=O) groups excluding carboxylic acids is 1. The Morgan fingerprint density at radius 1 is 1.33 bits per heavy atom. The van der Waals surface area contributed by atoms with Crippen molar-refractivity contribution in [1.82, 2.24) is 20.6 Å². The Labute approximate surface area is 104 Å². The van der Waals surface area contributed by atoms with E-state index in [1.54, 1.807) is 0 Å². The molecule has 1 aromatic heterocycles. The summed E-state index contributed by atoms with van der Waals surface area (Å²) in [6, 6.07) is 7.58. The third-order valence-electron chi connectivity index (χ3n) is 2.96. The Balaban J connectivity index is 1.79. The maximum Gasteiger partial charge on any atom is 0.286 e. The highest BCUT2D eigenvalue weighted by Crippen LogP contribution is 2.14. The first-order valence-corrected chi connectivity index (χ1v) is 5.91. The van der Waals surface area contributed by atoms with E-state index in [1.165, 1.54) is 0 Å². The molecule has 0 unspecified atom stereocenters. The summed E-state index contributed by atoms with van der Waals surface area (Å²) < 4.78 is 5.23. The van der Waals surface area contributed by atoms with Gasteiger partial charge in [0.15, 0.2) is 5.69 Å². The number of hydrogen-bond donors (Lipinski definition) is 2. The zero-order valence-corrected chi connectivity index (χ0v) is 9.85. The number of fused-ring (bicyclic) bond motifs is 1. The zero-order valence-electron chi connectivity index (χ0n) is 9.85. The quantitative estimate of drug-likeness (QED) is 0.811. The van der Waals surface area contributed by atoms with Crippen molar-refractivity contribution in [2.45, 2.75) is 0 Å². The van der Waals surface area contributed by atoms with E-state index in [-0.39, 0.29) is 5.91 Å². The Kier molecular flexibility index (Phi) is 2.95.